The molecule has 0 amide bonds. The van der Waals surface area contributed by atoms with Gasteiger partial charge in [0.15, 0.2) is 5.82 Å². The van der Waals surface area contributed by atoms with E-state index in [2.05, 4.69) is 55.3 Å². The Labute approximate surface area is 189 Å². The Hall–Kier alpha value is -3.46. The lowest BCUT2D eigenvalue weighted by Gasteiger charge is -2.10. The summed E-state index contributed by atoms with van der Waals surface area (Å²) in [5.74, 6) is 0.985. The van der Waals surface area contributed by atoms with Gasteiger partial charge in [0.05, 0.1) is 0 Å². The first kappa shape index (κ1) is 20.4. The third-order valence-electron chi connectivity index (χ3n) is 5.41. The molecule has 0 aliphatic heterocycles. The van der Waals surface area contributed by atoms with E-state index in [0.29, 0.717) is 24.7 Å². The van der Waals surface area contributed by atoms with Crippen LogP contribution in [0.1, 0.15) is 53.9 Å². The predicted molar refractivity (Wildman–Crippen MR) is 123 cm³/mol. The molecule has 5 rings (SSSR count). The highest BCUT2D eigenvalue weighted by atomic mass is 32.1. The molecular weight excluding hydrogens is 422 g/mol. The van der Waals surface area contributed by atoms with Crippen LogP contribution in [0.25, 0.3) is 22.5 Å². The molecule has 0 radical (unpaired) electrons. The molecule has 1 N–H and O–H groups in total. The zero-order valence-electron chi connectivity index (χ0n) is 17.7. The first-order valence-corrected chi connectivity index (χ1v) is 11.6. The summed E-state index contributed by atoms with van der Waals surface area (Å²) in [7, 11) is 0. The van der Waals surface area contributed by atoms with Crippen molar-refractivity contribution in [2.45, 2.75) is 45.1 Å². The number of tetrazole rings is 1. The number of hydrogen-bond acceptors (Lipinski definition) is 8. The second-order valence-electron chi connectivity index (χ2n) is 7.87. The molecule has 1 aliphatic rings. The lowest BCUT2D eigenvalue weighted by molar-refractivity contribution is 0.0885. The number of nitrogens with zero attached hydrogens (tertiary/aromatic N) is 6. The second kappa shape index (κ2) is 8.96. The fourth-order valence-corrected chi connectivity index (χ4v) is 4.46. The van der Waals surface area contributed by atoms with Gasteiger partial charge in [-0.15, -0.1) is 15.3 Å². The molecule has 2 heterocycles. The van der Waals surface area contributed by atoms with Gasteiger partial charge in [0.2, 0.25) is 11.0 Å². The summed E-state index contributed by atoms with van der Waals surface area (Å²) in [6.07, 6.45) is 3.61. The van der Waals surface area contributed by atoms with Crippen LogP contribution in [0.3, 0.4) is 0 Å². The summed E-state index contributed by atoms with van der Waals surface area (Å²) < 4.78 is 1.30. The summed E-state index contributed by atoms with van der Waals surface area (Å²) in [5, 5.41) is 25.7. The summed E-state index contributed by atoms with van der Waals surface area (Å²) in [6.45, 7) is 2.65. The molecule has 4 aromatic rings. The molecule has 162 valence electrons. The molecule has 0 bridgehead atoms. The number of hydrogen-bond donors (Lipinski definition) is 1. The monoisotopic (exact) mass is 445 g/mol. The van der Waals surface area contributed by atoms with Gasteiger partial charge in [0.25, 0.3) is 0 Å². The molecule has 0 saturated heterocycles. The van der Waals surface area contributed by atoms with Crippen LogP contribution < -0.4 is 5.32 Å². The van der Waals surface area contributed by atoms with Crippen LogP contribution in [0.15, 0.2) is 48.5 Å². The van der Waals surface area contributed by atoms with Gasteiger partial charge in [0.1, 0.15) is 5.01 Å². The normalized spacial score (nSPS) is 13.3. The van der Waals surface area contributed by atoms with Crippen LogP contribution >= 0.6 is 11.3 Å². The number of nitrogens with one attached hydrogen (secondary N) is 1. The highest BCUT2D eigenvalue weighted by Crippen LogP contribution is 2.42. The minimum absolute atomic E-state index is 0.106. The molecule has 2 aromatic carbocycles. The van der Waals surface area contributed by atoms with E-state index >= 15 is 0 Å². The first-order chi connectivity index (χ1) is 15.7. The van der Waals surface area contributed by atoms with Gasteiger partial charge in [-0.25, -0.2) is 0 Å². The van der Waals surface area contributed by atoms with E-state index in [1.54, 1.807) is 11.3 Å². The van der Waals surface area contributed by atoms with Gasteiger partial charge in [-0.3, -0.25) is 4.79 Å². The van der Waals surface area contributed by atoms with Crippen molar-refractivity contribution in [3.8, 4) is 22.5 Å². The molecule has 0 atom stereocenters. The minimum atomic E-state index is -0.106. The fraction of sp³-hybridized carbons (Fsp3) is 0.304. The Bertz CT molecular complexity index is 1230. The molecule has 1 fully saturated rings. The minimum Gasteiger partial charge on any atom is -0.356 e. The maximum absolute atomic E-state index is 12.4. The van der Waals surface area contributed by atoms with Crippen molar-refractivity contribution in [2.24, 2.45) is 0 Å². The van der Waals surface area contributed by atoms with Crippen molar-refractivity contribution in [1.29, 1.82) is 0 Å². The van der Waals surface area contributed by atoms with Gasteiger partial charge in [-0.1, -0.05) is 66.8 Å². The second-order valence-corrected chi connectivity index (χ2v) is 8.88. The average Bonchev–Trinajstić information content (AvgIpc) is 3.36. The van der Waals surface area contributed by atoms with Crippen LogP contribution in [0.4, 0.5) is 5.13 Å². The number of anilines is 1. The smallest absolute Gasteiger partial charge is 0.250 e. The largest absolute Gasteiger partial charge is 0.356 e. The van der Waals surface area contributed by atoms with Crippen molar-refractivity contribution in [3.63, 3.8) is 0 Å². The Kier molecular flexibility index (Phi) is 5.72. The fourth-order valence-electron chi connectivity index (χ4n) is 3.55. The van der Waals surface area contributed by atoms with E-state index in [0.717, 1.165) is 38.8 Å². The van der Waals surface area contributed by atoms with Gasteiger partial charge in [0, 0.05) is 24.4 Å². The van der Waals surface area contributed by atoms with Crippen molar-refractivity contribution < 1.29 is 4.79 Å². The third kappa shape index (κ3) is 4.29. The molecule has 0 spiro atoms. The average molecular weight is 446 g/mol. The third-order valence-corrected chi connectivity index (χ3v) is 6.46. The summed E-state index contributed by atoms with van der Waals surface area (Å²) in [4.78, 5) is 12.4. The molecule has 0 unspecified atom stereocenters. The maximum Gasteiger partial charge on any atom is 0.250 e. The Balaban J connectivity index is 1.34. The zero-order chi connectivity index (χ0) is 21.9. The van der Waals surface area contributed by atoms with E-state index in [1.165, 1.54) is 17.5 Å². The molecule has 32 heavy (non-hydrogen) atoms. The Morgan fingerprint density at radius 2 is 1.84 bits per heavy atom. The molecule has 1 saturated carbocycles. The van der Waals surface area contributed by atoms with Crippen LogP contribution in [-0.2, 0) is 6.54 Å². The first-order valence-electron chi connectivity index (χ1n) is 10.8. The van der Waals surface area contributed by atoms with E-state index in [4.69, 9.17) is 0 Å². The molecular formula is C23H23N7OS. The van der Waals surface area contributed by atoms with Crippen LogP contribution in [0.2, 0.25) is 0 Å². The number of benzene rings is 2. The number of rotatable bonds is 8. The highest BCUT2D eigenvalue weighted by Gasteiger charge is 2.27. The van der Waals surface area contributed by atoms with Crippen LogP contribution in [-0.4, -0.2) is 36.3 Å². The zero-order valence-corrected chi connectivity index (χ0v) is 18.5. The van der Waals surface area contributed by atoms with Gasteiger partial charge >= 0.3 is 0 Å². The van der Waals surface area contributed by atoms with Crippen molar-refractivity contribution in [2.75, 3.05) is 5.32 Å². The Morgan fingerprint density at radius 1 is 1.06 bits per heavy atom. The van der Waals surface area contributed by atoms with Crippen LogP contribution in [0.5, 0.6) is 0 Å². The molecule has 8 nitrogen and oxygen atoms in total. The lowest BCUT2D eigenvalue weighted by atomic mass is 9.98. The molecule has 1 aliphatic carbocycles. The number of carbonyl (C=O) groups is 1. The summed E-state index contributed by atoms with van der Waals surface area (Å²) in [5.41, 5.74) is 3.99. The van der Waals surface area contributed by atoms with E-state index in [9.17, 15) is 4.79 Å². The van der Waals surface area contributed by atoms with E-state index < -0.39 is 0 Å². The standard InChI is InChI=1S/C23H23N7OS/c1-2-5-20(31)30-21(25-28-29-30)19-7-4-3-6-18(19)16-10-8-15(9-11-16)14-24-23-27-26-22(32-23)17-12-13-17/h3-4,6-11,17H,2,5,12-14H2,1H3,(H,24,27). The maximum atomic E-state index is 12.4. The van der Waals surface area contributed by atoms with Crippen LogP contribution in [0, 0.1) is 0 Å². The molecule has 9 heteroatoms. The van der Waals surface area contributed by atoms with Gasteiger partial charge in [-0.05, 0) is 46.4 Å². The summed E-state index contributed by atoms with van der Waals surface area (Å²) in [6, 6.07) is 16.2. The van der Waals surface area contributed by atoms with E-state index in [1.807, 2.05) is 31.2 Å². The van der Waals surface area contributed by atoms with Crippen molar-refractivity contribution in [3.05, 3.63) is 59.1 Å². The quantitative estimate of drug-likeness (QED) is 0.389. The SMILES string of the molecule is CCCC(=O)n1nnnc1-c1ccccc1-c1ccc(CNc2nnc(C3CC3)s2)cc1. The molecule has 2 aromatic heterocycles. The topological polar surface area (TPSA) is 98.5 Å². The lowest BCUT2D eigenvalue weighted by Crippen LogP contribution is -2.13. The van der Waals surface area contributed by atoms with Crippen molar-refractivity contribution in [1.82, 2.24) is 30.4 Å². The van der Waals surface area contributed by atoms with Gasteiger partial charge in [-0.2, -0.15) is 4.68 Å². The van der Waals surface area contributed by atoms with E-state index in [-0.39, 0.29) is 5.91 Å². The number of aromatic nitrogens is 6. The number of carbonyl (C=O) groups excluding carboxylic acids is 1. The van der Waals surface area contributed by atoms with Crippen molar-refractivity contribution >= 4 is 22.4 Å². The predicted octanol–water partition coefficient (Wildman–Crippen LogP) is 4.79. The summed E-state index contributed by atoms with van der Waals surface area (Å²) >= 11 is 1.65. The Morgan fingerprint density at radius 3 is 2.59 bits per heavy atom. The highest BCUT2D eigenvalue weighted by molar-refractivity contribution is 7.15. The van der Waals surface area contributed by atoms with Gasteiger partial charge < -0.3 is 5.32 Å².